The van der Waals surface area contributed by atoms with Crippen LogP contribution in [0, 0.1) is 5.92 Å². The SMILES string of the molecule is O=C(c1ccc2c(c1)OCCCO2)N1CCC(CCO)C1. The number of hydrogen-bond donors (Lipinski definition) is 1. The number of nitrogens with zero attached hydrogens (tertiary/aromatic N) is 1. The zero-order chi connectivity index (χ0) is 14.7. The van der Waals surface area contributed by atoms with Crippen LogP contribution in [0.1, 0.15) is 29.6 Å². The number of aliphatic hydroxyl groups excluding tert-OH is 1. The van der Waals surface area contributed by atoms with Crippen molar-refractivity contribution in [1.82, 2.24) is 4.90 Å². The molecular formula is C16H21NO4. The molecule has 0 aliphatic carbocycles. The summed E-state index contributed by atoms with van der Waals surface area (Å²) in [5.41, 5.74) is 0.642. The van der Waals surface area contributed by atoms with Crippen LogP contribution >= 0.6 is 0 Å². The van der Waals surface area contributed by atoms with Gasteiger partial charge in [0.15, 0.2) is 11.5 Å². The summed E-state index contributed by atoms with van der Waals surface area (Å²) in [6.45, 7) is 2.95. The molecule has 0 spiro atoms. The summed E-state index contributed by atoms with van der Waals surface area (Å²) in [4.78, 5) is 14.4. The molecule has 114 valence electrons. The van der Waals surface area contributed by atoms with Gasteiger partial charge in [0.05, 0.1) is 13.2 Å². The minimum Gasteiger partial charge on any atom is -0.490 e. The first-order valence-electron chi connectivity index (χ1n) is 7.57. The highest BCUT2D eigenvalue weighted by molar-refractivity contribution is 5.95. The number of likely N-dealkylation sites (tertiary alicyclic amines) is 1. The van der Waals surface area contributed by atoms with E-state index in [1.165, 1.54) is 0 Å². The molecule has 0 saturated carbocycles. The molecule has 1 fully saturated rings. The van der Waals surface area contributed by atoms with Crippen LogP contribution in [-0.2, 0) is 0 Å². The van der Waals surface area contributed by atoms with Crippen molar-refractivity contribution in [3.05, 3.63) is 23.8 Å². The van der Waals surface area contributed by atoms with Crippen molar-refractivity contribution in [2.24, 2.45) is 5.92 Å². The third-order valence-electron chi connectivity index (χ3n) is 4.10. The Bertz CT molecular complexity index is 517. The molecule has 5 nitrogen and oxygen atoms in total. The lowest BCUT2D eigenvalue weighted by Crippen LogP contribution is -2.28. The molecule has 2 heterocycles. The summed E-state index contributed by atoms with van der Waals surface area (Å²) in [7, 11) is 0. The largest absolute Gasteiger partial charge is 0.490 e. The van der Waals surface area contributed by atoms with Crippen molar-refractivity contribution in [1.29, 1.82) is 0 Å². The van der Waals surface area contributed by atoms with Gasteiger partial charge in [-0.05, 0) is 37.0 Å². The van der Waals surface area contributed by atoms with Gasteiger partial charge in [-0.2, -0.15) is 0 Å². The maximum absolute atomic E-state index is 12.5. The van der Waals surface area contributed by atoms with Crippen molar-refractivity contribution in [2.45, 2.75) is 19.3 Å². The van der Waals surface area contributed by atoms with E-state index in [2.05, 4.69) is 0 Å². The van der Waals surface area contributed by atoms with E-state index in [1.807, 2.05) is 11.0 Å². The van der Waals surface area contributed by atoms with E-state index in [9.17, 15) is 4.79 Å². The summed E-state index contributed by atoms with van der Waals surface area (Å²) in [5.74, 6) is 1.82. The third kappa shape index (κ3) is 3.13. The Kier molecular flexibility index (Phi) is 4.29. The van der Waals surface area contributed by atoms with Gasteiger partial charge in [-0.3, -0.25) is 4.79 Å². The zero-order valence-corrected chi connectivity index (χ0v) is 12.1. The fourth-order valence-corrected chi connectivity index (χ4v) is 2.91. The molecule has 0 aromatic heterocycles. The molecule has 0 radical (unpaired) electrons. The lowest BCUT2D eigenvalue weighted by Gasteiger charge is -2.17. The summed E-state index contributed by atoms with van der Waals surface area (Å²) in [6.07, 6.45) is 2.59. The van der Waals surface area contributed by atoms with Gasteiger partial charge in [0.2, 0.25) is 0 Å². The number of carbonyl (C=O) groups is 1. The van der Waals surface area contributed by atoms with E-state index in [1.54, 1.807) is 12.1 Å². The number of ether oxygens (including phenoxy) is 2. The van der Waals surface area contributed by atoms with E-state index in [-0.39, 0.29) is 12.5 Å². The Morgan fingerprint density at radius 1 is 1.29 bits per heavy atom. The molecule has 3 rings (SSSR count). The molecule has 2 aliphatic rings. The highest BCUT2D eigenvalue weighted by atomic mass is 16.5. The average molecular weight is 291 g/mol. The minimum absolute atomic E-state index is 0.0334. The van der Waals surface area contributed by atoms with Gasteiger partial charge in [0, 0.05) is 31.7 Å². The molecule has 5 heteroatoms. The van der Waals surface area contributed by atoms with Crippen molar-refractivity contribution in [2.75, 3.05) is 32.9 Å². The molecule has 1 unspecified atom stereocenters. The number of hydrogen-bond acceptors (Lipinski definition) is 4. The highest BCUT2D eigenvalue weighted by Crippen LogP contribution is 2.31. The Balaban J connectivity index is 1.72. The summed E-state index contributed by atoms with van der Waals surface area (Å²) >= 11 is 0. The van der Waals surface area contributed by atoms with Crippen LogP contribution in [0.15, 0.2) is 18.2 Å². The van der Waals surface area contributed by atoms with Crippen LogP contribution in [-0.4, -0.2) is 48.8 Å². The van der Waals surface area contributed by atoms with Crippen LogP contribution in [0.25, 0.3) is 0 Å². The van der Waals surface area contributed by atoms with Gasteiger partial charge >= 0.3 is 0 Å². The van der Waals surface area contributed by atoms with Gasteiger partial charge in [0.1, 0.15) is 0 Å². The van der Waals surface area contributed by atoms with Crippen molar-refractivity contribution in [3.8, 4) is 11.5 Å². The lowest BCUT2D eigenvalue weighted by atomic mass is 10.1. The molecule has 1 aromatic rings. The number of aliphatic hydroxyl groups is 1. The molecule has 2 aliphatic heterocycles. The predicted molar refractivity (Wildman–Crippen MR) is 77.8 cm³/mol. The lowest BCUT2D eigenvalue weighted by molar-refractivity contribution is 0.0784. The maximum atomic E-state index is 12.5. The Morgan fingerprint density at radius 2 is 2.10 bits per heavy atom. The van der Waals surface area contributed by atoms with E-state index >= 15 is 0 Å². The smallest absolute Gasteiger partial charge is 0.254 e. The maximum Gasteiger partial charge on any atom is 0.254 e. The zero-order valence-electron chi connectivity index (χ0n) is 12.1. The minimum atomic E-state index is 0.0334. The topological polar surface area (TPSA) is 59.0 Å². The van der Waals surface area contributed by atoms with Gasteiger partial charge in [-0.15, -0.1) is 0 Å². The van der Waals surface area contributed by atoms with Crippen LogP contribution in [0.5, 0.6) is 11.5 Å². The van der Waals surface area contributed by atoms with Gasteiger partial charge < -0.3 is 19.5 Å². The van der Waals surface area contributed by atoms with Crippen LogP contribution in [0.4, 0.5) is 0 Å². The fourth-order valence-electron chi connectivity index (χ4n) is 2.91. The number of carbonyl (C=O) groups excluding carboxylic acids is 1. The first kappa shape index (κ1) is 14.2. The normalized spacial score (nSPS) is 21.2. The molecule has 1 N–H and O–H groups in total. The molecule has 21 heavy (non-hydrogen) atoms. The van der Waals surface area contributed by atoms with E-state index in [4.69, 9.17) is 14.6 Å². The number of benzene rings is 1. The predicted octanol–water partition coefficient (Wildman–Crippen LogP) is 1.69. The van der Waals surface area contributed by atoms with Gasteiger partial charge in [-0.25, -0.2) is 0 Å². The Labute approximate surface area is 124 Å². The second-order valence-electron chi connectivity index (χ2n) is 5.63. The van der Waals surface area contributed by atoms with E-state index in [0.717, 1.165) is 32.4 Å². The Morgan fingerprint density at radius 3 is 2.90 bits per heavy atom. The average Bonchev–Trinajstić information content (AvgIpc) is 2.83. The summed E-state index contributed by atoms with van der Waals surface area (Å²) in [6, 6.07) is 5.40. The van der Waals surface area contributed by atoms with Crippen LogP contribution in [0.2, 0.25) is 0 Å². The number of rotatable bonds is 3. The van der Waals surface area contributed by atoms with Gasteiger partial charge in [0.25, 0.3) is 5.91 Å². The molecule has 1 atom stereocenters. The second kappa shape index (κ2) is 6.35. The standard InChI is InChI=1S/C16H21NO4/c18-7-5-12-4-6-17(11-12)16(19)13-2-3-14-15(10-13)21-9-1-8-20-14/h2-3,10,12,18H,1,4-9,11H2. The molecular weight excluding hydrogens is 270 g/mol. The second-order valence-corrected chi connectivity index (χ2v) is 5.63. The summed E-state index contributed by atoms with van der Waals surface area (Å²) in [5, 5.41) is 8.99. The van der Waals surface area contributed by atoms with E-state index in [0.29, 0.717) is 36.2 Å². The van der Waals surface area contributed by atoms with Crippen molar-refractivity contribution >= 4 is 5.91 Å². The Hall–Kier alpha value is -1.75. The monoisotopic (exact) mass is 291 g/mol. The fraction of sp³-hybridized carbons (Fsp3) is 0.562. The molecule has 0 bridgehead atoms. The molecule has 1 aromatic carbocycles. The van der Waals surface area contributed by atoms with Crippen LogP contribution in [0.3, 0.4) is 0 Å². The van der Waals surface area contributed by atoms with Gasteiger partial charge in [-0.1, -0.05) is 0 Å². The van der Waals surface area contributed by atoms with Crippen LogP contribution < -0.4 is 9.47 Å². The number of amides is 1. The third-order valence-corrected chi connectivity index (χ3v) is 4.10. The quantitative estimate of drug-likeness (QED) is 0.920. The van der Waals surface area contributed by atoms with Crippen molar-refractivity contribution < 1.29 is 19.4 Å². The first-order valence-corrected chi connectivity index (χ1v) is 7.57. The summed E-state index contributed by atoms with van der Waals surface area (Å²) < 4.78 is 11.2. The molecule has 1 amide bonds. The molecule has 1 saturated heterocycles. The van der Waals surface area contributed by atoms with E-state index < -0.39 is 0 Å². The number of fused-ring (bicyclic) bond motifs is 1. The highest BCUT2D eigenvalue weighted by Gasteiger charge is 2.27. The van der Waals surface area contributed by atoms with Crippen molar-refractivity contribution in [3.63, 3.8) is 0 Å². The first-order chi connectivity index (χ1) is 10.3.